The number of urea groups is 1. The molecule has 2 aromatic carbocycles. The van der Waals surface area contributed by atoms with Gasteiger partial charge in [0.15, 0.2) is 0 Å². The molecule has 0 atom stereocenters. The van der Waals surface area contributed by atoms with Crippen molar-refractivity contribution >= 4 is 46.5 Å². The van der Waals surface area contributed by atoms with Crippen molar-refractivity contribution in [3.05, 3.63) is 52.0 Å². The predicted octanol–water partition coefficient (Wildman–Crippen LogP) is 4.26. The molecule has 12 heteroatoms. The summed E-state index contributed by atoms with van der Waals surface area (Å²) in [6.07, 6.45) is -4.96. The number of carbonyl (C=O) groups is 2. The van der Waals surface area contributed by atoms with Crippen molar-refractivity contribution in [3.63, 3.8) is 0 Å². The maximum Gasteiger partial charge on any atom is 0.573 e. The molecule has 29 heavy (non-hydrogen) atoms. The number of ether oxygens (including phenoxy) is 1. The average Bonchev–Trinajstić information content (AvgIpc) is 2.57. The maximum absolute atomic E-state index is 12.5. The van der Waals surface area contributed by atoms with E-state index in [4.69, 9.17) is 28.3 Å². The summed E-state index contributed by atoms with van der Waals surface area (Å²) < 4.78 is 41.2. The van der Waals surface area contributed by atoms with Gasteiger partial charge in [-0.2, -0.15) is 0 Å². The second-order valence-corrected chi connectivity index (χ2v) is 6.34. The number of benzene rings is 2. The molecule has 7 nitrogen and oxygen atoms in total. The van der Waals surface area contributed by atoms with Gasteiger partial charge in [0.25, 0.3) is 5.91 Å². The van der Waals surface area contributed by atoms with E-state index in [9.17, 15) is 22.8 Å². The number of rotatable bonds is 6. The zero-order chi connectivity index (χ0) is 21.6. The van der Waals surface area contributed by atoms with Crippen LogP contribution in [0.4, 0.5) is 29.3 Å². The highest BCUT2D eigenvalue weighted by Crippen LogP contribution is 2.28. The Balaban J connectivity index is 2.27. The molecule has 3 amide bonds. The van der Waals surface area contributed by atoms with Gasteiger partial charge in [0.05, 0.1) is 17.9 Å². The first-order chi connectivity index (χ1) is 13.6. The third-order valence-corrected chi connectivity index (χ3v) is 3.67. The van der Waals surface area contributed by atoms with E-state index < -0.39 is 24.1 Å². The van der Waals surface area contributed by atoms with Crippen molar-refractivity contribution in [2.75, 3.05) is 23.8 Å². The van der Waals surface area contributed by atoms with Crippen LogP contribution in [-0.4, -0.2) is 36.6 Å². The summed E-state index contributed by atoms with van der Waals surface area (Å²) in [4.78, 5) is 24.4. The van der Waals surface area contributed by atoms with Crippen LogP contribution in [0.25, 0.3) is 0 Å². The number of anilines is 2. The van der Waals surface area contributed by atoms with E-state index in [1.165, 1.54) is 18.2 Å². The lowest BCUT2D eigenvalue weighted by Gasteiger charge is -2.15. The van der Waals surface area contributed by atoms with Crippen LogP contribution in [0.2, 0.25) is 10.0 Å². The lowest BCUT2D eigenvalue weighted by atomic mass is 10.1. The van der Waals surface area contributed by atoms with Crippen LogP contribution in [0.15, 0.2) is 36.4 Å². The van der Waals surface area contributed by atoms with Gasteiger partial charge in [0.1, 0.15) is 5.75 Å². The van der Waals surface area contributed by atoms with Crippen molar-refractivity contribution in [2.45, 2.75) is 6.36 Å². The first-order valence-electron chi connectivity index (χ1n) is 7.90. The fourth-order valence-electron chi connectivity index (χ4n) is 2.20. The molecule has 0 aliphatic heterocycles. The van der Waals surface area contributed by atoms with Crippen LogP contribution in [0.3, 0.4) is 0 Å². The van der Waals surface area contributed by atoms with Crippen LogP contribution < -0.4 is 20.7 Å². The molecule has 0 spiro atoms. The number of nitrogens with one attached hydrogen (secondary N) is 3. The molecule has 0 aliphatic carbocycles. The first kappa shape index (κ1) is 22.6. The normalized spacial score (nSPS) is 11.0. The fourth-order valence-corrected chi connectivity index (χ4v) is 2.72. The molecule has 0 radical (unpaired) electrons. The Morgan fingerprint density at radius 3 is 2.28 bits per heavy atom. The van der Waals surface area contributed by atoms with E-state index in [1.807, 2.05) is 0 Å². The Bertz CT molecular complexity index is 890. The molecule has 0 aliphatic rings. The highest BCUT2D eigenvalue weighted by Gasteiger charge is 2.31. The number of hydrogen-bond acceptors (Lipinski definition) is 4. The molecule has 4 N–H and O–H groups in total. The number of carbonyl (C=O) groups excluding carboxylic acids is 2. The average molecular weight is 452 g/mol. The molecule has 156 valence electrons. The van der Waals surface area contributed by atoms with Crippen LogP contribution >= 0.6 is 23.2 Å². The van der Waals surface area contributed by atoms with E-state index in [0.29, 0.717) is 0 Å². The van der Waals surface area contributed by atoms with E-state index in [2.05, 4.69) is 20.7 Å². The lowest BCUT2D eigenvalue weighted by molar-refractivity contribution is -0.274. The van der Waals surface area contributed by atoms with Crippen molar-refractivity contribution in [2.24, 2.45) is 0 Å². The summed E-state index contributed by atoms with van der Waals surface area (Å²) in [7, 11) is 0. The number of amides is 3. The van der Waals surface area contributed by atoms with Crippen LogP contribution in [0, 0.1) is 0 Å². The van der Waals surface area contributed by atoms with Gasteiger partial charge in [-0.15, -0.1) is 13.2 Å². The third-order valence-electron chi connectivity index (χ3n) is 3.24. The second kappa shape index (κ2) is 9.68. The van der Waals surface area contributed by atoms with Gasteiger partial charge in [-0.3, -0.25) is 4.79 Å². The predicted molar refractivity (Wildman–Crippen MR) is 102 cm³/mol. The number of aliphatic hydroxyl groups excluding tert-OH is 1. The standard InChI is InChI=1S/C17H14Cl2F3N3O4/c18-9-5-10(19)7-11(6-9)24-16(28)25-14-8-12(29-17(20,21)22)1-2-13(14)15(27)23-3-4-26/h1-2,5-8,26H,3-4H2,(H,23,27)(H2,24,25,28). The maximum atomic E-state index is 12.5. The van der Waals surface area contributed by atoms with E-state index in [0.717, 1.165) is 18.2 Å². The van der Waals surface area contributed by atoms with Gasteiger partial charge in [0, 0.05) is 28.3 Å². The summed E-state index contributed by atoms with van der Waals surface area (Å²) in [6, 6.07) is 6.15. The van der Waals surface area contributed by atoms with E-state index >= 15 is 0 Å². The van der Waals surface area contributed by atoms with Crippen LogP contribution in [0.1, 0.15) is 10.4 Å². The molecule has 0 fully saturated rings. The summed E-state index contributed by atoms with van der Waals surface area (Å²) in [5.74, 6) is -1.36. The van der Waals surface area contributed by atoms with E-state index in [-0.39, 0.29) is 40.1 Å². The summed E-state index contributed by atoms with van der Waals surface area (Å²) in [6.45, 7) is -0.438. The number of aliphatic hydroxyl groups is 1. The number of hydrogen-bond donors (Lipinski definition) is 4. The quantitative estimate of drug-likeness (QED) is 0.527. The summed E-state index contributed by atoms with van der Waals surface area (Å²) >= 11 is 11.7. The largest absolute Gasteiger partial charge is 0.573 e. The van der Waals surface area contributed by atoms with Crippen molar-refractivity contribution in [1.29, 1.82) is 0 Å². The van der Waals surface area contributed by atoms with Crippen LogP contribution in [0.5, 0.6) is 5.75 Å². The molecule has 2 rings (SSSR count). The Hall–Kier alpha value is -2.69. The first-order valence-corrected chi connectivity index (χ1v) is 8.66. The summed E-state index contributed by atoms with van der Waals surface area (Å²) in [5, 5.41) is 16.3. The van der Waals surface area contributed by atoms with Gasteiger partial charge in [-0.1, -0.05) is 23.2 Å². The van der Waals surface area contributed by atoms with E-state index in [1.54, 1.807) is 0 Å². The molecule has 0 saturated carbocycles. The van der Waals surface area contributed by atoms with Crippen molar-refractivity contribution in [1.82, 2.24) is 5.32 Å². The molecular formula is C17H14Cl2F3N3O4. The monoisotopic (exact) mass is 451 g/mol. The SMILES string of the molecule is O=C(Nc1cc(Cl)cc(Cl)c1)Nc1cc(OC(F)(F)F)ccc1C(=O)NCCO. The Labute approximate surface area is 172 Å². The topological polar surface area (TPSA) is 99.7 Å². The second-order valence-electron chi connectivity index (χ2n) is 5.47. The van der Waals surface area contributed by atoms with Gasteiger partial charge in [0.2, 0.25) is 0 Å². The molecule has 0 saturated heterocycles. The minimum absolute atomic E-state index is 0.0910. The fraction of sp³-hybridized carbons (Fsp3) is 0.176. The molecule has 0 heterocycles. The smallest absolute Gasteiger partial charge is 0.406 e. The van der Waals surface area contributed by atoms with Gasteiger partial charge in [-0.25, -0.2) is 4.79 Å². The Morgan fingerprint density at radius 2 is 1.69 bits per heavy atom. The van der Waals surface area contributed by atoms with Gasteiger partial charge < -0.3 is 25.8 Å². The third kappa shape index (κ3) is 7.33. The summed E-state index contributed by atoms with van der Waals surface area (Å²) in [5.41, 5.74) is -0.186. The van der Waals surface area contributed by atoms with Gasteiger partial charge >= 0.3 is 12.4 Å². The highest BCUT2D eigenvalue weighted by atomic mass is 35.5. The minimum atomic E-state index is -4.96. The lowest BCUT2D eigenvalue weighted by Crippen LogP contribution is -2.28. The minimum Gasteiger partial charge on any atom is -0.406 e. The molecule has 2 aromatic rings. The van der Waals surface area contributed by atoms with Crippen molar-refractivity contribution < 1.29 is 32.6 Å². The van der Waals surface area contributed by atoms with Crippen LogP contribution in [-0.2, 0) is 0 Å². The van der Waals surface area contributed by atoms with Gasteiger partial charge in [-0.05, 0) is 30.3 Å². The molecular weight excluding hydrogens is 438 g/mol. The Morgan fingerprint density at radius 1 is 1.03 bits per heavy atom. The zero-order valence-electron chi connectivity index (χ0n) is 14.4. The number of halogens is 5. The number of alkyl halides is 3. The molecule has 0 unspecified atom stereocenters. The van der Waals surface area contributed by atoms with Crippen molar-refractivity contribution in [3.8, 4) is 5.75 Å². The highest BCUT2D eigenvalue weighted by molar-refractivity contribution is 6.35. The molecule has 0 bridgehead atoms. The zero-order valence-corrected chi connectivity index (χ0v) is 16.0. The Kier molecular flexibility index (Phi) is 7.54. The molecule has 0 aromatic heterocycles.